The van der Waals surface area contributed by atoms with Gasteiger partial charge in [0.25, 0.3) is 0 Å². The molecule has 1 rings (SSSR count). The zero-order valence-electron chi connectivity index (χ0n) is 6.95. The molecule has 0 atom stereocenters. The van der Waals surface area contributed by atoms with Crippen LogP contribution in [0.5, 0.6) is 0 Å². The molecule has 0 bridgehead atoms. The number of hydrogen-bond acceptors (Lipinski definition) is 2. The van der Waals surface area contributed by atoms with E-state index in [2.05, 4.69) is 29.1 Å². The predicted molar refractivity (Wildman–Crippen MR) is 50.9 cm³/mol. The Morgan fingerprint density at radius 1 is 1.55 bits per heavy atom. The van der Waals surface area contributed by atoms with E-state index in [1.54, 1.807) is 11.3 Å². The summed E-state index contributed by atoms with van der Waals surface area (Å²) in [4.78, 5) is 2.05. The molecule has 0 unspecified atom stereocenters. The summed E-state index contributed by atoms with van der Waals surface area (Å²) in [5.41, 5.74) is 1.40. The molecule has 1 heterocycles. The zero-order valence-corrected chi connectivity index (χ0v) is 7.77. The second-order valence-electron chi connectivity index (χ2n) is 2.68. The van der Waals surface area contributed by atoms with Crippen LogP contribution in [-0.4, -0.2) is 19.0 Å². The monoisotopic (exact) mass is 167 g/mol. The van der Waals surface area contributed by atoms with Gasteiger partial charge in [0, 0.05) is 14.1 Å². The van der Waals surface area contributed by atoms with Gasteiger partial charge in [-0.2, -0.15) is 11.3 Å². The van der Waals surface area contributed by atoms with Gasteiger partial charge in [-0.3, -0.25) is 0 Å². The van der Waals surface area contributed by atoms with Gasteiger partial charge in [-0.1, -0.05) is 6.08 Å². The molecule has 0 aliphatic rings. The zero-order chi connectivity index (χ0) is 8.10. The van der Waals surface area contributed by atoms with Crippen LogP contribution in [0.2, 0.25) is 0 Å². The van der Waals surface area contributed by atoms with E-state index >= 15 is 0 Å². The van der Waals surface area contributed by atoms with E-state index in [4.69, 9.17) is 0 Å². The highest BCUT2D eigenvalue weighted by Gasteiger charge is 1.86. The molecule has 0 saturated carbocycles. The van der Waals surface area contributed by atoms with Crippen molar-refractivity contribution in [2.45, 2.75) is 6.42 Å². The molecule has 0 radical (unpaired) electrons. The number of thiophene rings is 1. The first-order valence-corrected chi connectivity index (χ1v) is 4.57. The van der Waals surface area contributed by atoms with Crippen LogP contribution in [0, 0.1) is 0 Å². The fourth-order valence-electron chi connectivity index (χ4n) is 0.808. The summed E-state index contributed by atoms with van der Waals surface area (Å²) < 4.78 is 0. The average molecular weight is 167 g/mol. The van der Waals surface area contributed by atoms with Crippen LogP contribution in [0.1, 0.15) is 5.56 Å². The van der Waals surface area contributed by atoms with Gasteiger partial charge in [-0.05, 0) is 35.0 Å². The van der Waals surface area contributed by atoms with Gasteiger partial charge in [0.15, 0.2) is 0 Å². The Hall–Kier alpha value is -0.760. The smallest absolute Gasteiger partial charge is 0.00555 e. The van der Waals surface area contributed by atoms with Gasteiger partial charge < -0.3 is 4.90 Å². The molecule has 1 nitrogen and oxygen atoms in total. The minimum absolute atomic E-state index is 1.04. The van der Waals surface area contributed by atoms with Gasteiger partial charge in [-0.25, -0.2) is 0 Å². The Morgan fingerprint density at radius 2 is 2.36 bits per heavy atom. The first-order chi connectivity index (χ1) is 5.29. The lowest BCUT2D eigenvalue weighted by molar-refractivity contribution is 0.562. The van der Waals surface area contributed by atoms with E-state index < -0.39 is 0 Å². The Balaban J connectivity index is 2.34. The lowest BCUT2D eigenvalue weighted by Crippen LogP contribution is -1.99. The van der Waals surface area contributed by atoms with Crippen molar-refractivity contribution in [3.05, 3.63) is 34.7 Å². The predicted octanol–water partition coefficient (Wildman–Crippen LogP) is 2.37. The molecule has 1 aromatic rings. The van der Waals surface area contributed by atoms with E-state index in [9.17, 15) is 0 Å². The topological polar surface area (TPSA) is 3.24 Å². The van der Waals surface area contributed by atoms with Crippen LogP contribution in [-0.2, 0) is 6.42 Å². The molecular weight excluding hydrogens is 154 g/mol. The van der Waals surface area contributed by atoms with Crippen molar-refractivity contribution < 1.29 is 0 Å². The van der Waals surface area contributed by atoms with Crippen LogP contribution in [0.25, 0.3) is 0 Å². The maximum atomic E-state index is 2.18. The molecule has 0 aromatic carbocycles. The molecule has 11 heavy (non-hydrogen) atoms. The van der Waals surface area contributed by atoms with E-state index in [1.165, 1.54) is 5.56 Å². The van der Waals surface area contributed by atoms with Crippen molar-refractivity contribution in [3.8, 4) is 0 Å². The van der Waals surface area contributed by atoms with Crippen molar-refractivity contribution in [1.29, 1.82) is 0 Å². The Bertz CT molecular complexity index is 211. The lowest BCUT2D eigenvalue weighted by Gasteiger charge is -2.01. The summed E-state index contributed by atoms with van der Waals surface area (Å²) >= 11 is 1.75. The summed E-state index contributed by atoms with van der Waals surface area (Å²) in [7, 11) is 4.06. The Morgan fingerprint density at radius 3 is 2.91 bits per heavy atom. The van der Waals surface area contributed by atoms with E-state index in [-0.39, 0.29) is 0 Å². The second-order valence-corrected chi connectivity index (χ2v) is 3.46. The van der Waals surface area contributed by atoms with Gasteiger partial charge in [0.05, 0.1) is 0 Å². The third-order valence-electron chi connectivity index (χ3n) is 1.34. The third kappa shape index (κ3) is 3.23. The minimum atomic E-state index is 1.04. The highest BCUT2D eigenvalue weighted by atomic mass is 32.1. The Kier molecular flexibility index (Phi) is 3.17. The molecule has 0 fully saturated rings. The molecule has 0 spiro atoms. The number of allylic oxidation sites excluding steroid dienone is 1. The molecule has 0 saturated heterocycles. The molecule has 0 aliphatic carbocycles. The van der Waals surface area contributed by atoms with Crippen molar-refractivity contribution in [3.63, 3.8) is 0 Å². The van der Waals surface area contributed by atoms with Crippen molar-refractivity contribution in [2.75, 3.05) is 14.1 Å². The average Bonchev–Trinajstić information content (AvgIpc) is 2.39. The molecular formula is C9H13NS. The fourth-order valence-corrected chi connectivity index (χ4v) is 1.49. The molecule has 0 amide bonds. The van der Waals surface area contributed by atoms with E-state index in [1.807, 2.05) is 19.0 Å². The van der Waals surface area contributed by atoms with Crippen LogP contribution < -0.4 is 0 Å². The standard InChI is InChI=1S/C9H13NS/c1-10(2)6-3-4-9-5-7-11-8-9/h3,5-8H,4H2,1-2H3. The summed E-state index contributed by atoms with van der Waals surface area (Å²) in [6, 6.07) is 2.16. The number of nitrogens with zero attached hydrogens (tertiary/aromatic N) is 1. The van der Waals surface area contributed by atoms with Crippen molar-refractivity contribution in [2.24, 2.45) is 0 Å². The summed E-state index contributed by atoms with van der Waals surface area (Å²) in [5.74, 6) is 0. The maximum absolute atomic E-state index is 2.18. The van der Waals surface area contributed by atoms with Crippen LogP contribution in [0.4, 0.5) is 0 Å². The van der Waals surface area contributed by atoms with Crippen LogP contribution in [0.3, 0.4) is 0 Å². The quantitative estimate of drug-likeness (QED) is 0.668. The van der Waals surface area contributed by atoms with Crippen molar-refractivity contribution >= 4 is 11.3 Å². The molecule has 2 heteroatoms. The SMILES string of the molecule is CN(C)C=CCc1ccsc1. The van der Waals surface area contributed by atoms with Crippen LogP contribution >= 0.6 is 11.3 Å². The Labute approximate surface area is 72.0 Å². The normalized spacial score (nSPS) is 10.7. The second kappa shape index (κ2) is 4.19. The lowest BCUT2D eigenvalue weighted by atomic mass is 10.2. The van der Waals surface area contributed by atoms with Gasteiger partial charge >= 0.3 is 0 Å². The first-order valence-electron chi connectivity index (χ1n) is 3.63. The molecule has 0 aliphatic heterocycles. The fraction of sp³-hybridized carbons (Fsp3) is 0.333. The highest BCUT2D eigenvalue weighted by molar-refractivity contribution is 7.07. The summed E-state index contributed by atoms with van der Waals surface area (Å²) in [6.07, 6.45) is 5.29. The van der Waals surface area contributed by atoms with Crippen molar-refractivity contribution in [1.82, 2.24) is 4.90 Å². The summed E-state index contributed by atoms with van der Waals surface area (Å²) in [6.45, 7) is 0. The van der Waals surface area contributed by atoms with E-state index in [0.29, 0.717) is 0 Å². The van der Waals surface area contributed by atoms with E-state index in [0.717, 1.165) is 6.42 Å². The van der Waals surface area contributed by atoms with Gasteiger partial charge in [-0.15, -0.1) is 0 Å². The molecule has 0 N–H and O–H groups in total. The molecule has 1 aromatic heterocycles. The highest BCUT2D eigenvalue weighted by Crippen LogP contribution is 2.06. The summed E-state index contributed by atoms with van der Waals surface area (Å²) in [5, 5.41) is 4.29. The third-order valence-corrected chi connectivity index (χ3v) is 2.07. The maximum Gasteiger partial charge on any atom is 0.00555 e. The largest absolute Gasteiger partial charge is 0.384 e. The van der Waals surface area contributed by atoms with Gasteiger partial charge in [0.1, 0.15) is 0 Å². The van der Waals surface area contributed by atoms with Gasteiger partial charge in [0.2, 0.25) is 0 Å². The number of rotatable bonds is 3. The minimum Gasteiger partial charge on any atom is -0.384 e. The molecule has 60 valence electrons. The van der Waals surface area contributed by atoms with Crippen LogP contribution in [0.15, 0.2) is 29.1 Å². The number of hydrogen-bond donors (Lipinski definition) is 0. The first kappa shape index (κ1) is 8.34.